The number of hydrogen-bond acceptors (Lipinski definition) is 5. The van der Waals surface area contributed by atoms with Crippen LogP contribution in [-0.2, 0) is 4.74 Å². The minimum Gasteiger partial charge on any atom is -0.463 e. The number of nitrogens with zero attached hydrogens (tertiary/aromatic N) is 2. The predicted octanol–water partition coefficient (Wildman–Crippen LogP) is 1.61. The summed E-state index contributed by atoms with van der Waals surface area (Å²) < 4.78 is 17.5. The number of rotatable bonds is 2. The summed E-state index contributed by atoms with van der Waals surface area (Å²) in [5, 5.41) is 2.94. The lowest BCUT2D eigenvalue weighted by Crippen LogP contribution is -2.27. The number of carbonyl (C=O) groups is 1. The molecule has 88 valence electrons. The highest BCUT2D eigenvalue weighted by molar-refractivity contribution is 5.85. The van der Waals surface area contributed by atoms with Crippen LogP contribution in [0.1, 0.15) is 31.4 Å². The molecule has 0 fully saturated rings. The lowest BCUT2D eigenvalue weighted by atomic mass is 10.1. The molecular weight excluding hydrogens is 213 g/mol. The molecule has 1 N–H and O–H groups in total. The molecule has 0 aliphatic rings. The number of hydrogen-bond donors (Lipinski definition) is 1. The molecule has 0 amide bonds. The van der Waals surface area contributed by atoms with Crippen molar-refractivity contribution in [1.82, 2.24) is 9.97 Å². The van der Waals surface area contributed by atoms with E-state index < -0.39 is 11.9 Å². The molecule has 0 spiro atoms. The molecular formula is C10H14FN3O2. The van der Waals surface area contributed by atoms with Crippen LogP contribution in [0.3, 0.4) is 0 Å². The quantitative estimate of drug-likeness (QED) is 0.614. The van der Waals surface area contributed by atoms with Crippen LogP contribution in [0.4, 0.5) is 10.2 Å². The Morgan fingerprint density at radius 1 is 1.44 bits per heavy atom. The zero-order valence-corrected chi connectivity index (χ0v) is 9.67. The molecule has 16 heavy (non-hydrogen) atoms. The van der Waals surface area contributed by atoms with Crippen LogP contribution >= 0.6 is 0 Å². The molecule has 0 aromatic carbocycles. The molecule has 5 nitrogen and oxygen atoms in total. The standard InChI is InChI=1S/C10H14FN3O2/c1-10(2,3)14-7-5-6(11)12-8(13-7)9(15)16-4/h5H,1-4H3,(H,12,13,14). The molecule has 0 saturated heterocycles. The van der Waals surface area contributed by atoms with Gasteiger partial charge in [0.1, 0.15) is 5.82 Å². The summed E-state index contributed by atoms with van der Waals surface area (Å²) in [7, 11) is 1.19. The molecule has 0 saturated carbocycles. The van der Waals surface area contributed by atoms with E-state index in [0.717, 1.165) is 6.07 Å². The van der Waals surface area contributed by atoms with Gasteiger partial charge in [-0.1, -0.05) is 0 Å². The van der Waals surface area contributed by atoms with E-state index in [1.54, 1.807) is 0 Å². The van der Waals surface area contributed by atoms with Crippen molar-refractivity contribution in [3.8, 4) is 0 Å². The van der Waals surface area contributed by atoms with Gasteiger partial charge >= 0.3 is 5.97 Å². The highest BCUT2D eigenvalue weighted by Crippen LogP contribution is 2.13. The van der Waals surface area contributed by atoms with E-state index >= 15 is 0 Å². The molecule has 0 aliphatic heterocycles. The van der Waals surface area contributed by atoms with E-state index in [1.807, 2.05) is 20.8 Å². The Kier molecular flexibility index (Phi) is 3.41. The molecule has 6 heteroatoms. The molecule has 0 radical (unpaired) electrons. The fourth-order valence-electron chi connectivity index (χ4n) is 1.05. The third kappa shape index (κ3) is 3.45. The van der Waals surface area contributed by atoms with Gasteiger partial charge < -0.3 is 10.1 Å². The van der Waals surface area contributed by atoms with Gasteiger partial charge in [-0.2, -0.15) is 9.37 Å². The second kappa shape index (κ2) is 4.42. The highest BCUT2D eigenvalue weighted by Gasteiger charge is 2.16. The van der Waals surface area contributed by atoms with Crippen molar-refractivity contribution in [1.29, 1.82) is 0 Å². The summed E-state index contributed by atoms with van der Waals surface area (Å²) in [6.07, 6.45) is 0. The molecule has 1 aromatic rings. The largest absolute Gasteiger partial charge is 0.463 e. The smallest absolute Gasteiger partial charge is 0.376 e. The number of halogens is 1. The second-order valence-corrected chi connectivity index (χ2v) is 4.27. The SMILES string of the molecule is COC(=O)c1nc(F)cc(NC(C)(C)C)n1. The van der Waals surface area contributed by atoms with Crippen molar-refractivity contribution >= 4 is 11.8 Å². The first kappa shape index (κ1) is 12.4. The fourth-order valence-corrected chi connectivity index (χ4v) is 1.05. The van der Waals surface area contributed by atoms with E-state index in [4.69, 9.17) is 0 Å². The topological polar surface area (TPSA) is 64.1 Å². The summed E-state index contributed by atoms with van der Waals surface area (Å²) in [6.45, 7) is 5.68. The number of methoxy groups -OCH3 is 1. The fraction of sp³-hybridized carbons (Fsp3) is 0.500. The minimum absolute atomic E-state index is 0.250. The maximum absolute atomic E-state index is 13.1. The zero-order valence-electron chi connectivity index (χ0n) is 9.67. The monoisotopic (exact) mass is 227 g/mol. The summed E-state index contributed by atoms with van der Waals surface area (Å²) in [4.78, 5) is 18.3. The lowest BCUT2D eigenvalue weighted by Gasteiger charge is -2.21. The minimum atomic E-state index is -0.776. The van der Waals surface area contributed by atoms with Crippen LogP contribution in [0.15, 0.2) is 6.07 Å². The van der Waals surface area contributed by atoms with Gasteiger partial charge in [0.15, 0.2) is 0 Å². The Hall–Kier alpha value is -1.72. The van der Waals surface area contributed by atoms with Gasteiger partial charge in [0, 0.05) is 11.6 Å². The predicted molar refractivity (Wildman–Crippen MR) is 56.7 cm³/mol. The van der Waals surface area contributed by atoms with Crippen molar-refractivity contribution in [3.63, 3.8) is 0 Å². The van der Waals surface area contributed by atoms with Gasteiger partial charge in [-0.3, -0.25) is 0 Å². The third-order valence-electron chi connectivity index (χ3n) is 1.57. The number of nitrogens with one attached hydrogen (secondary N) is 1. The summed E-state index contributed by atoms with van der Waals surface area (Å²) >= 11 is 0. The van der Waals surface area contributed by atoms with Crippen molar-refractivity contribution in [2.45, 2.75) is 26.3 Å². The molecule has 1 aromatic heterocycles. The Labute approximate surface area is 93.1 Å². The van der Waals surface area contributed by atoms with Crippen molar-refractivity contribution in [2.24, 2.45) is 0 Å². The average molecular weight is 227 g/mol. The summed E-state index contributed by atoms with van der Waals surface area (Å²) in [5.41, 5.74) is -0.284. The number of carbonyl (C=O) groups excluding carboxylic acids is 1. The average Bonchev–Trinajstić information content (AvgIpc) is 2.12. The zero-order chi connectivity index (χ0) is 12.3. The molecule has 1 rings (SSSR count). The number of esters is 1. The van der Waals surface area contributed by atoms with Gasteiger partial charge in [0.25, 0.3) is 0 Å². The van der Waals surface area contributed by atoms with E-state index in [1.165, 1.54) is 7.11 Å². The molecule has 1 heterocycles. The van der Waals surface area contributed by atoms with Gasteiger partial charge in [-0.15, -0.1) is 0 Å². The van der Waals surface area contributed by atoms with E-state index in [0.29, 0.717) is 0 Å². The van der Waals surface area contributed by atoms with Crippen LogP contribution in [0, 0.1) is 5.95 Å². The van der Waals surface area contributed by atoms with E-state index in [2.05, 4.69) is 20.0 Å². The normalized spacial score (nSPS) is 11.1. The van der Waals surface area contributed by atoms with Crippen molar-refractivity contribution in [2.75, 3.05) is 12.4 Å². The molecule has 0 aliphatic carbocycles. The molecule has 0 bridgehead atoms. The Balaban J connectivity index is 3.03. The first-order chi connectivity index (χ1) is 7.31. The van der Waals surface area contributed by atoms with Crippen LogP contribution < -0.4 is 5.32 Å². The van der Waals surface area contributed by atoms with Gasteiger partial charge in [0.2, 0.25) is 11.8 Å². The van der Waals surface area contributed by atoms with Gasteiger partial charge in [-0.05, 0) is 20.8 Å². The summed E-state index contributed by atoms with van der Waals surface area (Å²) in [6, 6.07) is 1.12. The van der Waals surface area contributed by atoms with Gasteiger partial charge in [-0.25, -0.2) is 9.78 Å². The van der Waals surface area contributed by atoms with E-state index in [9.17, 15) is 9.18 Å². The van der Waals surface area contributed by atoms with Crippen LogP contribution in [0.2, 0.25) is 0 Å². The Bertz CT molecular complexity index is 402. The van der Waals surface area contributed by atoms with Crippen LogP contribution in [0.25, 0.3) is 0 Å². The molecule has 0 atom stereocenters. The number of anilines is 1. The van der Waals surface area contributed by atoms with Crippen LogP contribution in [0.5, 0.6) is 0 Å². The lowest BCUT2D eigenvalue weighted by molar-refractivity contribution is 0.0585. The van der Waals surface area contributed by atoms with Gasteiger partial charge in [0.05, 0.1) is 7.11 Å². The second-order valence-electron chi connectivity index (χ2n) is 4.27. The number of aromatic nitrogens is 2. The maximum Gasteiger partial charge on any atom is 0.376 e. The van der Waals surface area contributed by atoms with Crippen molar-refractivity contribution < 1.29 is 13.9 Å². The third-order valence-corrected chi connectivity index (χ3v) is 1.57. The first-order valence-corrected chi connectivity index (χ1v) is 4.73. The first-order valence-electron chi connectivity index (χ1n) is 4.73. The van der Waals surface area contributed by atoms with E-state index in [-0.39, 0.29) is 17.2 Å². The molecule has 0 unspecified atom stereocenters. The van der Waals surface area contributed by atoms with Crippen LogP contribution in [-0.4, -0.2) is 28.6 Å². The highest BCUT2D eigenvalue weighted by atomic mass is 19.1. The Morgan fingerprint density at radius 3 is 2.56 bits per heavy atom. The van der Waals surface area contributed by atoms with Crippen molar-refractivity contribution in [3.05, 3.63) is 17.8 Å². The summed E-state index contributed by atoms with van der Waals surface area (Å²) in [5.74, 6) is -1.59. The maximum atomic E-state index is 13.1. The number of ether oxygens (including phenoxy) is 1. The Morgan fingerprint density at radius 2 is 2.06 bits per heavy atom.